The van der Waals surface area contributed by atoms with Gasteiger partial charge in [-0.2, -0.15) is 0 Å². The Morgan fingerprint density at radius 3 is 2.40 bits per heavy atom. The van der Waals surface area contributed by atoms with Gasteiger partial charge in [0, 0.05) is 0 Å². The summed E-state index contributed by atoms with van der Waals surface area (Å²) in [7, 11) is -1.10. The molecule has 2 aliphatic carbocycles. The quantitative estimate of drug-likeness (QED) is 0.600. The molecule has 2 saturated carbocycles. The second-order valence-corrected chi connectivity index (χ2v) is 12.6. The lowest BCUT2D eigenvalue weighted by atomic mass is 10.0. The van der Waals surface area contributed by atoms with Crippen LogP contribution in [-0.2, 0) is 0 Å². The molecule has 0 amide bonds. The van der Waals surface area contributed by atoms with Crippen LogP contribution in [0, 0.1) is 11.8 Å². The summed E-state index contributed by atoms with van der Waals surface area (Å²) >= 11 is 11.7. The van der Waals surface area contributed by atoms with Crippen LogP contribution >= 0.6 is 23.2 Å². The predicted octanol–water partition coefficient (Wildman–Crippen LogP) is 5.20. The number of halogens is 2. The van der Waals surface area contributed by atoms with E-state index in [0.29, 0.717) is 15.4 Å². The zero-order chi connectivity index (χ0) is 11.3. The minimum Gasteiger partial charge on any atom is -0.0712 e. The van der Waals surface area contributed by atoms with Crippen LogP contribution in [-0.4, -0.2) is 8.07 Å². The van der Waals surface area contributed by atoms with E-state index in [4.69, 9.17) is 23.2 Å². The summed E-state index contributed by atoms with van der Waals surface area (Å²) in [6, 6.07) is 0. The Morgan fingerprint density at radius 1 is 1.27 bits per heavy atom. The van der Waals surface area contributed by atoms with Crippen molar-refractivity contribution >= 4 is 31.3 Å². The van der Waals surface area contributed by atoms with Crippen molar-refractivity contribution in [2.45, 2.75) is 50.4 Å². The highest BCUT2D eigenvalue weighted by atomic mass is 35.5. The van der Waals surface area contributed by atoms with Gasteiger partial charge in [-0.05, 0) is 29.7 Å². The molecule has 0 nitrogen and oxygen atoms in total. The molecular formula is C12H20Cl2Si. The lowest BCUT2D eigenvalue weighted by Crippen LogP contribution is -2.33. The maximum atomic E-state index is 5.83. The summed E-state index contributed by atoms with van der Waals surface area (Å²) in [4.78, 5) is 0. The Kier molecular flexibility index (Phi) is 3.03. The molecule has 0 heterocycles. The zero-order valence-corrected chi connectivity index (χ0v) is 12.3. The van der Waals surface area contributed by atoms with Crippen LogP contribution in [0.4, 0.5) is 0 Å². The van der Waals surface area contributed by atoms with E-state index >= 15 is 0 Å². The molecule has 3 atom stereocenters. The second kappa shape index (κ2) is 3.78. The molecule has 15 heavy (non-hydrogen) atoms. The average molecular weight is 263 g/mol. The third kappa shape index (κ3) is 1.81. The predicted molar refractivity (Wildman–Crippen MR) is 71.3 cm³/mol. The van der Waals surface area contributed by atoms with Gasteiger partial charge in [0.05, 0.1) is 8.07 Å². The average Bonchev–Trinajstić information content (AvgIpc) is 2.74. The van der Waals surface area contributed by atoms with E-state index in [2.05, 4.69) is 25.7 Å². The van der Waals surface area contributed by atoms with Crippen LogP contribution in [0.25, 0.3) is 0 Å². The van der Waals surface area contributed by atoms with Crippen molar-refractivity contribution in [3.05, 3.63) is 10.6 Å². The smallest absolute Gasteiger partial charge is 0.0712 e. The number of hydrogen-bond acceptors (Lipinski definition) is 0. The fourth-order valence-electron chi connectivity index (χ4n) is 3.95. The van der Waals surface area contributed by atoms with Gasteiger partial charge in [-0.3, -0.25) is 0 Å². The largest absolute Gasteiger partial charge is 0.103 e. The fourth-order valence-corrected chi connectivity index (χ4v) is 7.79. The summed E-state index contributed by atoms with van der Waals surface area (Å²) < 4.78 is 0.479. The normalized spacial score (nSPS) is 39.5. The molecule has 0 radical (unpaired) electrons. The summed E-state index contributed by atoms with van der Waals surface area (Å²) in [6.45, 7) is 7.50. The first kappa shape index (κ1) is 12.0. The molecule has 2 aliphatic rings. The van der Waals surface area contributed by atoms with Gasteiger partial charge in [0.15, 0.2) is 0 Å². The van der Waals surface area contributed by atoms with Gasteiger partial charge >= 0.3 is 0 Å². The highest BCUT2D eigenvalue weighted by Crippen LogP contribution is 2.77. The lowest BCUT2D eigenvalue weighted by Gasteiger charge is -2.34. The molecule has 2 rings (SSSR count). The molecule has 0 spiro atoms. The zero-order valence-electron chi connectivity index (χ0n) is 9.82. The van der Waals surface area contributed by atoms with Gasteiger partial charge < -0.3 is 0 Å². The molecule has 0 aromatic carbocycles. The van der Waals surface area contributed by atoms with Gasteiger partial charge in [-0.15, -0.1) is 0 Å². The van der Waals surface area contributed by atoms with Gasteiger partial charge in [-0.25, -0.2) is 0 Å². The monoisotopic (exact) mass is 262 g/mol. The molecule has 0 aliphatic heterocycles. The number of rotatable bonds is 2. The van der Waals surface area contributed by atoms with Crippen LogP contribution in [0.5, 0.6) is 0 Å². The van der Waals surface area contributed by atoms with E-state index in [1.54, 1.807) is 0 Å². The van der Waals surface area contributed by atoms with Gasteiger partial charge in [-0.1, -0.05) is 61.8 Å². The fraction of sp³-hybridized carbons (Fsp3) is 0.833. The van der Waals surface area contributed by atoms with Crippen molar-refractivity contribution in [2.24, 2.45) is 11.8 Å². The van der Waals surface area contributed by atoms with Crippen LogP contribution < -0.4 is 0 Å². The molecule has 3 heteroatoms. The Hall–Kier alpha value is 0.537. The number of allylic oxidation sites excluding steroid dienone is 1. The summed E-state index contributed by atoms with van der Waals surface area (Å²) in [6.07, 6.45) is 7.74. The van der Waals surface area contributed by atoms with E-state index in [1.165, 1.54) is 25.7 Å². The molecule has 0 unspecified atom stereocenters. The molecule has 0 bridgehead atoms. The molecule has 0 aromatic rings. The molecule has 0 aromatic heterocycles. The Morgan fingerprint density at radius 2 is 1.93 bits per heavy atom. The Bertz CT molecular complexity index is 288. The highest BCUT2D eigenvalue weighted by Gasteiger charge is 2.68. The van der Waals surface area contributed by atoms with E-state index in [-0.39, 0.29) is 0 Å². The van der Waals surface area contributed by atoms with Crippen molar-refractivity contribution in [3.8, 4) is 0 Å². The van der Waals surface area contributed by atoms with Crippen LogP contribution in [0.15, 0.2) is 10.6 Å². The summed E-state index contributed by atoms with van der Waals surface area (Å²) in [5, 5.41) is 0.625. The van der Waals surface area contributed by atoms with Crippen LogP contribution in [0.3, 0.4) is 0 Å². The second-order valence-electron chi connectivity index (χ2n) is 6.12. The minimum absolute atomic E-state index is 0.479. The first-order valence-electron chi connectivity index (χ1n) is 5.92. The van der Waals surface area contributed by atoms with Crippen LogP contribution in [0.2, 0.25) is 24.7 Å². The van der Waals surface area contributed by atoms with Crippen molar-refractivity contribution in [1.82, 2.24) is 0 Å². The molecule has 86 valence electrons. The maximum Gasteiger partial charge on any atom is 0.103 e. The van der Waals surface area contributed by atoms with Gasteiger partial charge in [0.2, 0.25) is 0 Å². The van der Waals surface area contributed by atoms with Crippen molar-refractivity contribution in [2.75, 3.05) is 0 Å². The van der Waals surface area contributed by atoms with Crippen molar-refractivity contribution < 1.29 is 0 Å². The molecule has 0 N–H and O–H groups in total. The van der Waals surface area contributed by atoms with E-state index in [1.807, 2.05) is 0 Å². The first-order chi connectivity index (χ1) is 6.89. The summed E-state index contributed by atoms with van der Waals surface area (Å²) in [5.74, 6) is 1.59. The lowest BCUT2D eigenvalue weighted by molar-refractivity contribution is 0.481. The summed E-state index contributed by atoms with van der Waals surface area (Å²) in [5.41, 5.74) is 0. The first-order valence-corrected chi connectivity index (χ1v) is 10.2. The molecule has 0 saturated heterocycles. The Labute approximate surface area is 104 Å². The van der Waals surface area contributed by atoms with Gasteiger partial charge in [0.25, 0.3) is 0 Å². The van der Waals surface area contributed by atoms with E-state index < -0.39 is 8.07 Å². The third-order valence-corrected chi connectivity index (χ3v) is 8.64. The van der Waals surface area contributed by atoms with Crippen molar-refractivity contribution in [3.63, 3.8) is 0 Å². The number of fused-ring (bicyclic) bond motifs is 1. The van der Waals surface area contributed by atoms with Gasteiger partial charge in [0.1, 0.15) is 4.49 Å². The number of hydrogen-bond donors (Lipinski definition) is 0. The van der Waals surface area contributed by atoms with E-state index in [0.717, 1.165) is 5.92 Å². The van der Waals surface area contributed by atoms with Crippen molar-refractivity contribution in [1.29, 1.82) is 0 Å². The Balaban J connectivity index is 2.26. The topological polar surface area (TPSA) is 0 Å². The highest BCUT2D eigenvalue weighted by molar-refractivity contribution is 6.80. The standard InChI is InChI=1S/C12H20Cl2Si/c1-15(2,3)12-7-5-4-6-9(12)10(12)8-11(13)14/h8-10H,4-7H2,1-3H3/t9-,10-,12-/m0/s1. The minimum atomic E-state index is -1.10. The molecular weight excluding hydrogens is 243 g/mol. The maximum absolute atomic E-state index is 5.83. The molecule has 2 fully saturated rings. The SMILES string of the molecule is C[Si](C)(C)[C@@]12CCCC[C@H]1[C@@H]2C=C(Cl)Cl. The van der Waals surface area contributed by atoms with E-state index in [9.17, 15) is 0 Å². The van der Waals surface area contributed by atoms with Crippen LogP contribution in [0.1, 0.15) is 25.7 Å². The third-order valence-electron chi connectivity index (χ3n) is 4.64.